The minimum absolute atomic E-state index is 0.0415. The maximum atomic E-state index is 11.9. The molecule has 29 heavy (non-hydrogen) atoms. The number of hydrogen-bond donors (Lipinski definition) is 5. The highest BCUT2D eigenvalue weighted by Gasteiger charge is 2.42. The lowest BCUT2D eigenvalue weighted by Crippen LogP contribution is -2.39. The molecule has 1 saturated heterocycles. The number of benzene rings is 1. The van der Waals surface area contributed by atoms with E-state index in [1.165, 1.54) is 31.2 Å². The lowest BCUT2D eigenvalue weighted by Gasteiger charge is -2.19. The minimum atomic E-state index is -0.909. The highest BCUT2D eigenvalue weighted by molar-refractivity contribution is 5.94. The molecule has 3 fully saturated rings. The standard InChI is InChI=1S/C22H30N4O3/c23-21(24)13-3-1-12(2-4-13)14-5-15-7-18(8-16(15)6-14)25-11-19-9-17(10-20(27)28)22(29)26-19/h1-4,14-19,25H,5-11H2,(H3,23,24)(H,26,29)(H,27,28)/t14?,15-,16+,17-,18?,19-/m0/s1. The smallest absolute Gasteiger partial charge is 0.304 e. The number of carbonyl (C=O) groups is 2. The summed E-state index contributed by atoms with van der Waals surface area (Å²) in [5.74, 6) is 0.761. The van der Waals surface area contributed by atoms with Crippen LogP contribution in [0.5, 0.6) is 0 Å². The van der Waals surface area contributed by atoms with Crippen LogP contribution in [0, 0.1) is 23.2 Å². The Morgan fingerprint density at radius 3 is 2.38 bits per heavy atom. The number of hydrogen-bond acceptors (Lipinski definition) is 4. The maximum absolute atomic E-state index is 11.9. The summed E-state index contributed by atoms with van der Waals surface area (Å²) in [5, 5.41) is 23.0. The van der Waals surface area contributed by atoms with Crippen LogP contribution < -0.4 is 16.4 Å². The molecule has 0 spiro atoms. The predicted molar refractivity (Wildman–Crippen MR) is 110 cm³/mol. The molecule has 0 aromatic heterocycles. The number of aliphatic carboxylic acids is 1. The van der Waals surface area contributed by atoms with Gasteiger partial charge in [-0.25, -0.2) is 0 Å². The van der Waals surface area contributed by atoms with E-state index < -0.39 is 11.9 Å². The van der Waals surface area contributed by atoms with Crippen molar-refractivity contribution < 1.29 is 14.7 Å². The summed E-state index contributed by atoms with van der Waals surface area (Å²) in [4.78, 5) is 22.7. The SMILES string of the molecule is N=C(N)c1ccc(C2C[C@H]3CC(NC[C@@H]4C[C@@H](CC(=O)O)C(=O)N4)C[C@H]3C2)cc1. The molecule has 7 nitrogen and oxygen atoms in total. The summed E-state index contributed by atoms with van der Waals surface area (Å²) >= 11 is 0. The van der Waals surface area contributed by atoms with Gasteiger partial charge in [-0.05, 0) is 55.4 Å². The Balaban J connectivity index is 1.23. The zero-order valence-corrected chi connectivity index (χ0v) is 16.6. The topological polar surface area (TPSA) is 128 Å². The van der Waals surface area contributed by atoms with Crippen LogP contribution in [0.15, 0.2) is 24.3 Å². The number of rotatable bonds is 7. The Morgan fingerprint density at radius 1 is 1.14 bits per heavy atom. The Bertz CT molecular complexity index is 780. The average Bonchev–Trinajstić information content (AvgIpc) is 3.33. The van der Waals surface area contributed by atoms with Crippen LogP contribution in [0.4, 0.5) is 0 Å². The largest absolute Gasteiger partial charge is 0.481 e. The van der Waals surface area contributed by atoms with E-state index in [0.717, 1.165) is 23.9 Å². The molecule has 1 heterocycles. The number of nitrogens with one attached hydrogen (secondary N) is 3. The Kier molecular flexibility index (Phi) is 5.58. The summed E-state index contributed by atoms with van der Waals surface area (Å²) in [7, 11) is 0. The zero-order valence-electron chi connectivity index (χ0n) is 16.6. The van der Waals surface area contributed by atoms with E-state index >= 15 is 0 Å². The molecule has 6 atom stereocenters. The van der Waals surface area contributed by atoms with Gasteiger partial charge in [-0.15, -0.1) is 0 Å². The fourth-order valence-corrected chi connectivity index (χ4v) is 5.65. The first-order valence-electron chi connectivity index (χ1n) is 10.6. The quantitative estimate of drug-likeness (QED) is 0.353. The molecule has 0 radical (unpaired) electrons. The second-order valence-corrected chi connectivity index (χ2v) is 9.04. The van der Waals surface area contributed by atoms with Gasteiger partial charge in [-0.3, -0.25) is 15.0 Å². The van der Waals surface area contributed by atoms with E-state index in [0.29, 0.717) is 18.4 Å². The summed E-state index contributed by atoms with van der Waals surface area (Å²) in [5.41, 5.74) is 7.68. The zero-order chi connectivity index (χ0) is 20.5. The third kappa shape index (κ3) is 4.45. The normalized spacial score (nSPS) is 33.4. The molecule has 156 valence electrons. The molecule has 1 aliphatic heterocycles. The van der Waals surface area contributed by atoms with Crippen LogP contribution in [0.2, 0.25) is 0 Å². The molecular formula is C22H30N4O3. The second kappa shape index (κ2) is 8.14. The number of nitrogen functional groups attached to an aromatic ring is 1. The molecule has 7 heteroatoms. The highest BCUT2D eigenvalue weighted by atomic mass is 16.4. The van der Waals surface area contributed by atoms with E-state index in [4.69, 9.17) is 16.2 Å². The molecule has 2 unspecified atom stereocenters. The number of carboxylic acid groups (broad SMARTS) is 1. The summed E-state index contributed by atoms with van der Waals surface area (Å²) in [6.45, 7) is 0.724. The van der Waals surface area contributed by atoms with Crippen molar-refractivity contribution in [2.45, 2.75) is 56.5 Å². The Labute approximate surface area is 170 Å². The molecule has 4 rings (SSSR count). The van der Waals surface area contributed by atoms with Crippen LogP contribution in [0.3, 0.4) is 0 Å². The van der Waals surface area contributed by atoms with Gasteiger partial charge in [-0.2, -0.15) is 0 Å². The van der Waals surface area contributed by atoms with Gasteiger partial charge >= 0.3 is 5.97 Å². The van der Waals surface area contributed by atoms with Crippen molar-refractivity contribution in [3.05, 3.63) is 35.4 Å². The first-order valence-corrected chi connectivity index (χ1v) is 10.6. The predicted octanol–water partition coefficient (Wildman–Crippen LogP) is 1.81. The van der Waals surface area contributed by atoms with Gasteiger partial charge in [0.25, 0.3) is 0 Å². The Morgan fingerprint density at radius 2 is 1.79 bits per heavy atom. The van der Waals surface area contributed by atoms with E-state index in [-0.39, 0.29) is 24.2 Å². The minimum Gasteiger partial charge on any atom is -0.481 e. The maximum Gasteiger partial charge on any atom is 0.304 e. The molecule has 6 N–H and O–H groups in total. The van der Waals surface area contributed by atoms with Gasteiger partial charge < -0.3 is 21.5 Å². The number of carbonyl (C=O) groups excluding carboxylic acids is 1. The van der Waals surface area contributed by atoms with Crippen molar-refractivity contribution in [3.8, 4) is 0 Å². The lowest BCUT2D eigenvalue weighted by molar-refractivity contribution is -0.140. The van der Waals surface area contributed by atoms with Crippen LogP contribution in [-0.4, -0.2) is 41.4 Å². The van der Waals surface area contributed by atoms with Gasteiger partial charge in [0.05, 0.1) is 12.3 Å². The summed E-state index contributed by atoms with van der Waals surface area (Å²) in [6, 6.07) is 8.66. The molecule has 1 amide bonds. The van der Waals surface area contributed by atoms with E-state index in [2.05, 4.69) is 22.8 Å². The summed E-state index contributed by atoms with van der Waals surface area (Å²) in [6.07, 6.45) is 5.30. The van der Waals surface area contributed by atoms with Gasteiger partial charge in [-0.1, -0.05) is 24.3 Å². The van der Waals surface area contributed by atoms with Crippen LogP contribution >= 0.6 is 0 Å². The van der Waals surface area contributed by atoms with Crippen LogP contribution in [0.25, 0.3) is 0 Å². The van der Waals surface area contributed by atoms with E-state index in [9.17, 15) is 9.59 Å². The van der Waals surface area contributed by atoms with Crippen molar-refractivity contribution in [3.63, 3.8) is 0 Å². The molecular weight excluding hydrogens is 368 g/mol. The van der Waals surface area contributed by atoms with Gasteiger partial charge in [0.1, 0.15) is 5.84 Å². The fourth-order valence-electron chi connectivity index (χ4n) is 5.65. The van der Waals surface area contributed by atoms with E-state index in [1.807, 2.05) is 12.1 Å². The third-order valence-corrected chi connectivity index (χ3v) is 7.07. The highest BCUT2D eigenvalue weighted by Crippen LogP contribution is 2.50. The average molecular weight is 399 g/mol. The van der Waals surface area contributed by atoms with Crippen molar-refractivity contribution >= 4 is 17.7 Å². The number of nitrogens with two attached hydrogens (primary N) is 1. The fraction of sp³-hybridized carbons (Fsp3) is 0.591. The number of carboxylic acids is 1. The first-order chi connectivity index (χ1) is 13.9. The monoisotopic (exact) mass is 398 g/mol. The molecule has 2 saturated carbocycles. The molecule has 1 aromatic carbocycles. The summed E-state index contributed by atoms with van der Waals surface area (Å²) < 4.78 is 0. The Hall–Kier alpha value is -2.41. The molecule has 3 aliphatic rings. The van der Waals surface area contributed by atoms with Crippen molar-refractivity contribution in [1.29, 1.82) is 5.41 Å². The number of fused-ring (bicyclic) bond motifs is 1. The van der Waals surface area contributed by atoms with Gasteiger partial charge in [0, 0.05) is 24.2 Å². The molecule has 2 aliphatic carbocycles. The lowest BCUT2D eigenvalue weighted by atomic mass is 9.93. The van der Waals surface area contributed by atoms with Crippen LogP contribution in [0.1, 0.15) is 55.6 Å². The van der Waals surface area contributed by atoms with Crippen molar-refractivity contribution in [1.82, 2.24) is 10.6 Å². The number of amides is 1. The van der Waals surface area contributed by atoms with Crippen molar-refractivity contribution in [2.24, 2.45) is 23.5 Å². The van der Waals surface area contributed by atoms with Gasteiger partial charge in [0.15, 0.2) is 0 Å². The van der Waals surface area contributed by atoms with E-state index in [1.54, 1.807) is 0 Å². The number of amidine groups is 1. The molecule has 1 aromatic rings. The first kappa shape index (κ1) is 19.9. The van der Waals surface area contributed by atoms with Crippen molar-refractivity contribution in [2.75, 3.05) is 6.54 Å². The third-order valence-electron chi connectivity index (χ3n) is 7.07. The van der Waals surface area contributed by atoms with Gasteiger partial charge in [0.2, 0.25) is 5.91 Å². The second-order valence-electron chi connectivity index (χ2n) is 9.04. The molecule has 0 bridgehead atoms. The van der Waals surface area contributed by atoms with Crippen LogP contribution in [-0.2, 0) is 9.59 Å².